The van der Waals surface area contributed by atoms with E-state index in [1.54, 1.807) is 0 Å². The second-order valence-electron chi connectivity index (χ2n) is 5.81. The number of aliphatic hydroxyl groups excluding tert-OH is 1. The molecule has 0 aliphatic heterocycles. The molecular formula is C12H19F3O3. The van der Waals surface area contributed by atoms with Gasteiger partial charge in [-0.05, 0) is 46.5 Å². The van der Waals surface area contributed by atoms with Crippen LogP contribution in [-0.2, 0) is 9.53 Å². The first-order valence-corrected chi connectivity index (χ1v) is 5.96. The Morgan fingerprint density at radius 1 is 1.22 bits per heavy atom. The van der Waals surface area contributed by atoms with Crippen LogP contribution in [0.3, 0.4) is 0 Å². The number of rotatable bonds is 1. The van der Waals surface area contributed by atoms with Gasteiger partial charge in [0, 0.05) is 0 Å². The van der Waals surface area contributed by atoms with Gasteiger partial charge in [-0.15, -0.1) is 0 Å². The molecule has 0 radical (unpaired) electrons. The number of alkyl halides is 3. The zero-order chi connectivity index (χ0) is 14.2. The molecule has 18 heavy (non-hydrogen) atoms. The van der Waals surface area contributed by atoms with Crippen LogP contribution in [0.15, 0.2) is 0 Å². The summed E-state index contributed by atoms with van der Waals surface area (Å²) in [7, 11) is 0. The number of aliphatic hydroxyl groups is 1. The molecule has 1 fully saturated rings. The molecule has 1 aliphatic carbocycles. The summed E-state index contributed by atoms with van der Waals surface area (Å²) in [5.74, 6) is -1.23. The molecule has 1 N–H and O–H groups in total. The van der Waals surface area contributed by atoms with Crippen LogP contribution in [0, 0.1) is 5.41 Å². The van der Waals surface area contributed by atoms with Crippen molar-refractivity contribution < 1.29 is 27.8 Å². The van der Waals surface area contributed by atoms with E-state index >= 15 is 0 Å². The summed E-state index contributed by atoms with van der Waals surface area (Å²) in [5, 5.41) is 9.30. The highest BCUT2D eigenvalue weighted by Crippen LogP contribution is 2.50. The Balaban J connectivity index is 2.96. The quantitative estimate of drug-likeness (QED) is 0.744. The van der Waals surface area contributed by atoms with Crippen LogP contribution in [0.25, 0.3) is 0 Å². The second-order valence-corrected chi connectivity index (χ2v) is 5.81. The Kier molecular flexibility index (Phi) is 4.00. The molecular weight excluding hydrogens is 249 g/mol. The van der Waals surface area contributed by atoms with E-state index in [1.807, 2.05) is 0 Å². The van der Waals surface area contributed by atoms with Gasteiger partial charge in [-0.1, -0.05) is 0 Å². The molecule has 106 valence electrons. The minimum Gasteiger partial charge on any atom is -0.459 e. The molecule has 3 nitrogen and oxygen atoms in total. The van der Waals surface area contributed by atoms with E-state index in [4.69, 9.17) is 4.74 Å². The lowest BCUT2D eigenvalue weighted by Gasteiger charge is -2.39. The van der Waals surface area contributed by atoms with Gasteiger partial charge in [0.05, 0.1) is 6.10 Å². The zero-order valence-electron chi connectivity index (χ0n) is 10.8. The summed E-state index contributed by atoms with van der Waals surface area (Å²) >= 11 is 0. The highest BCUT2D eigenvalue weighted by atomic mass is 19.4. The summed E-state index contributed by atoms with van der Waals surface area (Å²) in [5.41, 5.74) is -3.41. The van der Waals surface area contributed by atoms with Gasteiger partial charge in [0.25, 0.3) is 0 Å². The van der Waals surface area contributed by atoms with Crippen molar-refractivity contribution in [1.29, 1.82) is 0 Å². The van der Waals surface area contributed by atoms with E-state index in [-0.39, 0.29) is 12.8 Å². The van der Waals surface area contributed by atoms with E-state index in [2.05, 4.69) is 0 Å². The standard InChI is InChI=1S/C12H19F3O3/c1-10(2,3)18-9(17)11(12(13,14)15)6-4-8(16)5-7-11/h8,16H,4-7H2,1-3H3. The molecule has 0 unspecified atom stereocenters. The third kappa shape index (κ3) is 3.16. The first-order chi connectivity index (χ1) is 7.98. The van der Waals surface area contributed by atoms with Crippen molar-refractivity contribution in [2.75, 3.05) is 0 Å². The van der Waals surface area contributed by atoms with Crippen molar-refractivity contribution in [3.8, 4) is 0 Å². The van der Waals surface area contributed by atoms with Crippen molar-refractivity contribution in [3.63, 3.8) is 0 Å². The molecule has 0 saturated heterocycles. The van der Waals surface area contributed by atoms with Gasteiger partial charge in [-0.2, -0.15) is 13.2 Å². The minimum absolute atomic E-state index is 0.0290. The topological polar surface area (TPSA) is 46.5 Å². The molecule has 1 rings (SSSR count). The Bertz CT molecular complexity index is 310. The summed E-state index contributed by atoms with van der Waals surface area (Å²) in [4.78, 5) is 11.9. The molecule has 0 aromatic rings. The molecule has 0 atom stereocenters. The van der Waals surface area contributed by atoms with Crippen LogP contribution in [0.1, 0.15) is 46.5 Å². The summed E-state index contributed by atoms with van der Waals surface area (Å²) in [6.07, 6.45) is -6.28. The van der Waals surface area contributed by atoms with E-state index in [1.165, 1.54) is 20.8 Å². The maximum absolute atomic E-state index is 13.2. The first kappa shape index (κ1) is 15.3. The number of carbonyl (C=O) groups is 1. The van der Waals surface area contributed by atoms with Crippen molar-refractivity contribution in [2.24, 2.45) is 5.41 Å². The summed E-state index contributed by atoms with van der Waals surface area (Å²) in [6.45, 7) is 4.60. The number of ether oxygens (including phenoxy) is 1. The van der Waals surface area contributed by atoms with Gasteiger partial charge in [0.2, 0.25) is 0 Å². The van der Waals surface area contributed by atoms with Crippen molar-refractivity contribution in [3.05, 3.63) is 0 Å². The number of halogens is 3. The van der Waals surface area contributed by atoms with Crippen LogP contribution in [0.5, 0.6) is 0 Å². The lowest BCUT2D eigenvalue weighted by atomic mass is 9.72. The fraction of sp³-hybridized carbons (Fsp3) is 0.917. The molecule has 0 bridgehead atoms. The van der Waals surface area contributed by atoms with Gasteiger partial charge >= 0.3 is 12.1 Å². The van der Waals surface area contributed by atoms with Crippen LogP contribution in [0.4, 0.5) is 13.2 Å². The van der Waals surface area contributed by atoms with Gasteiger partial charge in [-0.3, -0.25) is 4.79 Å². The predicted molar refractivity (Wildman–Crippen MR) is 58.8 cm³/mol. The Morgan fingerprint density at radius 3 is 2.00 bits per heavy atom. The first-order valence-electron chi connectivity index (χ1n) is 5.96. The predicted octanol–water partition coefficient (Wildman–Crippen LogP) is 2.81. The third-order valence-corrected chi connectivity index (χ3v) is 3.14. The SMILES string of the molecule is CC(C)(C)OC(=O)C1(C(F)(F)F)CCC(O)CC1. The molecule has 0 heterocycles. The number of hydrogen-bond acceptors (Lipinski definition) is 3. The zero-order valence-corrected chi connectivity index (χ0v) is 10.8. The summed E-state index contributed by atoms with van der Waals surface area (Å²) in [6, 6.07) is 0. The van der Waals surface area contributed by atoms with E-state index in [9.17, 15) is 23.1 Å². The fourth-order valence-electron chi connectivity index (χ4n) is 2.07. The maximum atomic E-state index is 13.2. The molecule has 0 amide bonds. The monoisotopic (exact) mass is 268 g/mol. The van der Waals surface area contributed by atoms with Gasteiger partial charge in [0.1, 0.15) is 5.60 Å². The highest BCUT2D eigenvalue weighted by Gasteiger charge is 2.62. The number of hydrogen-bond donors (Lipinski definition) is 1. The lowest BCUT2D eigenvalue weighted by molar-refractivity contribution is -0.250. The smallest absolute Gasteiger partial charge is 0.404 e. The average molecular weight is 268 g/mol. The molecule has 6 heteroatoms. The van der Waals surface area contributed by atoms with Gasteiger partial charge in [-0.25, -0.2) is 0 Å². The molecule has 1 saturated carbocycles. The van der Waals surface area contributed by atoms with Gasteiger partial charge < -0.3 is 9.84 Å². The van der Waals surface area contributed by atoms with Crippen molar-refractivity contribution in [2.45, 2.75) is 64.3 Å². The maximum Gasteiger partial charge on any atom is 0.404 e. The second kappa shape index (κ2) is 4.72. The fourth-order valence-corrected chi connectivity index (χ4v) is 2.07. The Hall–Kier alpha value is -0.780. The van der Waals surface area contributed by atoms with Crippen molar-refractivity contribution in [1.82, 2.24) is 0 Å². The van der Waals surface area contributed by atoms with Crippen LogP contribution >= 0.6 is 0 Å². The van der Waals surface area contributed by atoms with E-state index in [0.717, 1.165) is 0 Å². The molecule has 0 aromatic heterocycles. The average Bonchev–Trinajstić information content (AvgIpc) is 2.14. The third-order valence-electron chi connectivity index (χ3n) is 3.14. The Morgan fingerprint density at radius 2 is 1.67 bits per heavy atom. The molecule has 1 aliphatic rings. The Labute approximate surface area is 104 Å². The number of carbonyl (C=O) groups excluding carboxylic acids is 1. The van der Waals surface area contributed by atoms with Crippen LogP contribution in [0.2, 0.25) is 0 Å². The lowest BCUT2D eigenvalue weighted by Crippen LogP contribution is -2.50. The largest absolute Gasteiger partial charge is 0.459 e. The van der Waals surface area contributed by atoms with Crippen LogP contribution in [-0.4, -0.2) is 29.0 Å². The normalized spacial score (nSPS) is 30.1. The van der Waals surface area contributed by atoms with E-state index < -0.39 is 42.1 Å². The summed E-state index contributed by atoms with van der Waals surface area (Å²) < 4.78 is 44.4. The minimum atomic E-state index is -4.64. The van der Waals surface area contributed by atoms with Gasteiger partial charge in [0.15, 0.2) is 5.41 Å². The number of esters is 1. The van der Waals surface area contributed by atoms with Crippen molar-refractivity contribution >= 4 is 5.97 Å². The van der Waals surface area contributed by atoms with Crippen LogP contribution < -0.4 is 0 Å². The molecule has 0 aromatic carbocycles. The molecule has 0 spiro atoms. The van der Waals surface area contributed by atoms with E-state index in [0.29, 0.717) is 0 Å². The highest BCUT2D eigenvalue weighted by molar-refractivity contribution is 5.78.